The van der Waals surface area contributed by atoms with Gasteiger partial charge in [-0.1, -0.05) is 0 Å². The highest BCUT2D eigenvalue weighted by molar-refractivity contribution is 6.19. The van der Waals surface area contributed by atoms with Crippen LogP contribution in [-0.4, -0.2) is 29.2 Å². The number of fused-ring (bicyclic) bond motifs is 3. The number of alkyl halides is 1. The summed E-state index contributed by atoms with van der Waals surface area (Å²) in [6.45, 7) is 7.80. The predicted octanol–water partition coefficient (Wildman–Crippen LogP) is 4.52. The molecule has 23 heavy (non-hydrogen) atoms. The third-order valence-corrected chi connectivity index (χ3v) is 4.30. The van der Waals surface area contributed by atoms with Crippen molar-refractivity contribution in [3.63, 3.8) is 0 Å². The molecule has 1 atom stereocenters. The minimum absolute atomic E-state index is 0.00984. The van der Waals surface area contributed by atoms with Crippen LogP contribution in [0.1, 0.15) is 37.8 Å². The van der Waals surface area contributed by atoms with Crippen LogP contribution < -0.4 is 4.90 Å². The van der Waals surface area contributed by atoms with Gasteiger partial charge in [0.25, 0.3) is 0 Å². The van der Waals surface area contributed by atoms with Crippen LogP contribution in [0.4, 0.5) is 10.5 Å². The summed E-state index contributed by atoms with van der Waals surface area (Å²) in [5.74, 6) is 0.353. The summed E-state index contributed by atoms with van der Waals surface area (Å²) < 4.78 is 10.9. The first-order chi connectivity index (χ1) is 10.7. The van der Waals surface area contributed by atoms with E-state index in [1.54, 1.807) is 17.2 Å². The number of amides is 1. The number of rotatable bonds is 1. The van der Waals surface area contributed by atoms with E-state index in [1.807, 2.05) is 27.7 Å². The minimum atomic E-state index is -0.589. The zero-order valence-electron chi connectivity index (χ0n) is 13.6. The van der Waals surface area contributed by atoms with Crippen LogP contribution in [0, 0.1) is 6.92 Å². The van der Waals surface area contributed by atoms with E-state index in [9.17, 15) is 9.90 Å². The number of halogens is 1. The van der Waals surface area contributed by atoms with Crippen molar-refractivity contribution in [1.82, 2.24) is 0 Å². The topological polar surface area (TPSA) is 62.9 Å². The van der Waals surface area contributed by atoms with Gasteiger partial charge in [0.2, 0.25) is 0 Å². The van der Waals surface area contributed by atoms with Crippen LogP contribution in [0.5, 0.6) is 5.75 Å². The van der Waals surface area contributed by atoms with Crippen molar-refractivity contribution in [3.05, 3.63) is 23.5 Å². The molecule has 5 nitrogen and oxygen atoms in total. The molecule has 0 saturated carbocycles. The number of aromatic hydroxyl groups is 1. The average molecular weight is 338 g/mol. The number of nitrogens with zero attached hydrogens (tertiary/aromatic N) is 1. The smallest absolute Gasteiger partial charge is 0.414 e. The fraction of sp³-hybridized carbons (Fsp3) is 0.471. The molecule has 0 unspecified atom stereocenters. The summed E-state index contributed by atoms with van der Waals surface area (Å²) in [7, 11) is 0. The van der Waals surface area contributed by atoms with Crippen molar-refractivity contribution in [2.75, 3.05) is 17.3 Å². The lowest BCUT2D eigenvalue weighted by Crippen LogP contribution is -2.36. The number of hydrogen-bond donors (Lipinski definition) is 1. The highest BCUT2D eigenvalue weighted by atomic mass is 35.5. The number of carbonyl (C=O) groups is 1. The van der Waals surface area contributed by atoms with Crippen molar-refractivity contribution >= 4 is 34.4 Å². The summed E-state index contributed by atoms with van der Waals surface area (Å²) >= 11 is 6.13. The first-order valence-electron chi connectivity index (χ1n) is 7.53. The molecule has 1 aromatic carbocycles. The van der Waals surface area contributed by atoms with Gasteiger partial charge in [-0.25, -0.2) is 4.79 Å². The Balaban J connectivity index is 2.14. The van der Waals surface area contributed by atoms with Gasteiger partial charge in [0.05, 0.1) is 12.0 Å². The maximum atomic E-state index is 12.5. The minimum Gasteiger partial charge on any atom is -0.504 e. The fourth-order valence-corrected chi connectivity index (χ4v) is 3.28. The van der Waals surface area contributed by atoms with E-state index in [4.69, 9.17) is 20.8 Å². The normalized spacial score (nSPS) is 17.6. The van der Waals surface area contributed by atoms with Gasteiger partial charge in [-0.2, -0.15) is 0 Å². The van der Waals surface area contributed by atoms with Gasteiger partial charge in [-0.05, 0) is 38.8 Å². The Labute approximate surface area is 139 Å². The summed E-state index contributed by atoms with van der Waals surface area (Å²) in [6, 6.07) is 1.55. The monoisotopic (exact) mass is 337 g/mol. The number of furan rings is 1. The standard InChI is InChI=1S/C17H20ClNO4/c1-9-8-22-15-12(20)5-11-14(13(9)15)10(6-18)7-19(11)16(21)23-17(2,3)4/h5,8,10,20H,6-7H2,1-4H3/t10-/m1/s1. The third-order valence-electron chi connectivity index (χ3n) is 3.93. The van der Waals surface area contributed by atoms with Crippen LogP contribution in [0.25, 0.3) is 11.0 Å². The maximum Gasteiger partial charge on any atom is 0.414 e. The second-order valence-corrected chi connectivity index (χ2v) is 7.20. The van der Waals surface area contributed by atoms with Gasteiger partial charge < -0.3 is 14.3 Å². The van der Waals surface area contributed by atoms with E-state index in [-0.39, 0.29) is 11.7 Å². The van der Waals surface area contributed by atoms with Crippen LogP contribution in [0.2, 0.25) is 0 Å². The van der Waals surface area contributed by atoms with Crippen LogP contribution in [-0.2, 0) is 4.74 Å². The molecule has 0 fully saturated rings. The number of phenolic OH excluding ortho intramolecular Hbond substituents is 1. The van der Waals surface area contributed by atoms with Crippen molar-refractivity contribution in [2.45, 2.75) is 39.2 Å². The number of anilines is 1. The molecule has 1 amide bonds. The van der Waals surface area contributed by atoms with Crippen molar-refractivity contribution in [2.24, 2.45) is 0 Å². The number of benzene rings is 1. The Morgan fingerprint density at radius 3 is 2.83 bits per heavy atom. The second-order valence-electron chi connectivity index (χ2n) is 6.89. The molecule has 1 aliphatic heterocycles. The van der Waals surface area contributed by atoms with Gasteiger partial charge in [0.1, 0.15) is 5.60 Å². The highest BCUT2D eigenvalue weighted by Crippen LogP contribution is 2.47. The second kappa shape index (κ2) is 5.34. The van der Waals surface area contributed by atoms with Crippen molar-refractivity contribution in [1.29, 1.82) is 0 Å². The highest BCUT2D eigenvalue weighted by Gasteiger charge is 2.37. The molecular formula is C17H20ClNO4. The molecule has 6 heteroatoms. The number of carbonyl (C=O) groups excluding carboxylic acids is 1. The van der Waals surface area contributed by atoms with E-state index < -0.39 is 11.7 Å². The van der Waals surface area contributed by atoms with Crippen LogP contribution in [0.15, 0.2) is 16.7 Å². The van der Waals surface area contributed by atoms with Crippen molar-refractivity contribution in [3.8, 4) is 5.75 Å². The third kappa shape index (κ3) is 2.63. The lowest BCUT2D eigenvalue weighted by atomic mass is 9.97. The van der Waals surface area contributed by atoms with Crippen LogP contribution >= 0.6 is 11.6 Å². The molecule has 1 N–H and O–H groups in total. The lowest BCUT2D eigenvalue weighted by molar-refractivity contribution is 0.0582. The Bertz CT molecular complexity index is 775. The summed E-state index contributed by atoms with van der Waals surface area (Å²) in [4.78, 5) is 14.1. The Morgan fingerprint density at radius 2 is 2.22 bits per heavy atom. The maximum absolute atomic E-state index is 12.5. The van der Waals surface area contributed by atoms with E-state index in [0.29, 0.717) is 23.7 Å². The van der Waals surface area contributed by atoms with Crippen LogP contribution in [0.3, 0.4) is 0 Å². The number of hydrogen-bond acceptors (Lipinski definition) is 4. The Hall–Kier alpha value is -1.88. The molecule has 3 rings (SSSR count). The summed E-state index contributed by atoms with van der Waals surface area (Å²) in [5, 5.41) is 11.1. The van der Waals surface area contributed by atoms with E-state index in [1.165, 1.54) is 0 Å². The number of phenols is 1. The molecule has 2 heterocycles. The summed E-state index contributed by atoms with van der Waals surface area (Å²) in [5.41, 5.74) is 2.33. The van der Waals surface area contributed by atoms with Gasteiger partial charge in [-0.15, -0.1) is 11.6 Å². The lowest BCUT2D eigenvalue weighted by Gasteiger charge is -2.25. The number of ether oxygens (including phenoxy) is 1. The van der Waals surface area contributed by atoms with Gasteiger partial charge in [0.15, 0.2) is 11.3 Å². The first-order valence-corrected chi connectivity index (χ1v) is 8.06. The van der Waals surface area contributed by atoms with E-state index >= 15 is 0 Å². The van der Waals surface area contributed by atoms with Gasteiger partial charge in [-0.3, -0.25) is 4.90 Å². The molecule has 0 bridgehead atoms. The SMILES string of the molecule is Cc1coc2c(O)cc3c(c12)[C@H](CCl)CN3C(=O)OC(C)(C)C. The Kier molecular flexibility index (Phi) is 3.71. The molecule has 1 aromatic heterocycles. The van der Waals surface area contributed by atoms with Gasteiger partial charge in [0, 0.05) is 29.8 Å². The summed E-state index contributed by atoms with van der Waals surface area (Å²) in [6.07, 6.45) is 1.16. The zero-order valence-corrected chi connectivity index (χ0v) is 14.4. The molecule has 124 valence electrons. The molecule has 0 radical (unpaired) electrons. The molecular weight excluding hydrogens is 318 g/mol. The zero-order chi connectivity index (χ0) is 16.9. The van der Waals surface area contributed by atoms with E-state index in [2.05, 4.69) is 0 Å². The van der Waals surface area contributed by atoms with E-state index in [0.717, 1.165) is 16.5 Å². The first kappa shape index (κ1) is 16.0. The predicted molar refractivity (Wildman–Crippen MR) is 89.7 cm³/mol. The molecule has 0 spiro atoms. The molecule has 2 aromatic rings. The largest absolute Gasteiger partial charge is 0.504 e. The molecule has 0 saturated heterocycles. The Morgan fingerprint density at radius 1 is 1.52 bits per heavy atom. The van der Waals surface area contributed by atoms with Gasteiger partial charge >= 0.3 is 6.09 Å². The quantitative estimate of drug-likeness (QED) is 0.777. The van der Waals surface area contributed by atoms with Crippen molar-refractivity contribution < 1.29 is 19.1 Å². The molecule has 1 aliphatic rings. The molecule has 0 aliphatic carbocycles. The average Bonchev–Trinajstić information content (AvgIpc) is 2.98. The fourth-order valence-electron chi connectivity index (χ4n) is 3.03. The number of aryl methyl sites for hydroxylation is 1.